The van der Waals surface area contributed by atoms with Gasteiger partial charge in [-0.25, -0.2) is 9.37 Å². The van der Waals surface area contributed by atoms with E-state index < -0.39 is 5.82 Å². The minimum atomic E-state index is -0.456. The fourth-order valence-electron chi connectivity index (χ4n) is 1.76. The minimum Gasteiger partial charge on any atom is -0.382 e. The number of rotatable bonds is 4. The maximum Gasteiger partial charge on any atom is 0.272 e. The molecule has 112 valence electrons. The van der Waals surface area contributed by atoms with Crippen LogP contribution in [0.25, 0.3) is 0 Å². The third-order valence-electron chi connectivity index (χ3n) is 3.16. The molecular formula is C14H17FN4OS. The number of carbonyl (C=O) groups is 1. The molecule has 0 unspecified atom stereocenters. The summed E-state index contributed by atoms with van der Waals surface area (Å²) in [6.45, 7) is 2.73. The second kappa shape index (κ2) is 6.09. The van der Waals surface area contributed by atoms with Crippen LogP contribution in [0.15, 0.2) is 24.3 Å². The first-order valence-corrected chi connectivity index (χ1v) is 7.27. The molecule has 0 radical (unpaired) electrons. The summed E-state index contributed by atoms with van der Waals surface area (Å²) in [6, 6.07) is 6.11. The van der Waals surface area contributed by atoms with Crippen LogP contribution in [-0.2, 0) is 0 Å². The number of anilines is 3. The number of hydrogen-bond acceptors (Lipinski definition) is 5. The van der Waals surface area contributed by atoms with Crippen molar-refractivity contribution < 1.29 is 9.18 Å². The molecule has 5 nitrogen and oxygen atoms in total. The third kappa shape index (κ3) is 2.97. The molecular weight excluding hydrogens is 291 g/mol. The summed E-state index contributed by atoms with van der Waals surface area (Å²) in [7, 11) is 3.39. The predicted octanol–water partition coefficient (Wildman–Crippen LogP) is 2.60. The van der Waals surface area contributed by atoms with Crippen LogP contribution >= 0.6 is 11.3 Å². The van der Waals surface area contributed by atoms with Gasteiger partial charge in [-0.05, 0) is 19.1 Å². The van der Waals surface area contributed by atoms with Crippen molar-refractivity contribution in [2.24, 2.45) is 0 Å². The topological polar surface area (TPSA) is 62.5 Å². The van der Waals surface area contributed by atoms with Gasteiger partial charge in [-0.2, -0.15) is 0 Å². The number of carbonyl (C=O) groups excluding carboxylic acids is 1. The number of hydrogen-bond donors (Lipinski definition) is 1. The van der Waals surface area contributed by atoms with Crippen LogP contribution < -0.4 is 15.5 Å². The predicted molar refractivity (Wildman–Crippen MR) is 84.6 cm³/mol. The zero-order valence-electron chi connectivity index (χ0n) is 12.1. The van der Waals surface area contributed by atoms with E-state index >= 15 is 0 Å². The van der Waals surface area contributed by atoms with Gasteiger partial charge in [0, 0.05) is 20.6 Å². The summed E-state index contributed by atoms with van der Waals surface area (Å²) in [5, 5.41) is 0.667. The first-order chi connectivity index (χ1) is 9.95. The van der Waals surface area contributed by atoms with Crippen molar-refractivity contribution in [1.82, 2.24) is 4.98 Å². The molecule has 0 atom stereocenters. The van der Waals surface area contributed by atoms with E-state index in [0.717, 1.165) is 6.54 Å². The average molecular weight is 308 g/mol. The highest BCUT2D eigenvalue weighted by atomic mass is 32.1. The molecule has 2 aromatic rings. The molecule has 0 saturated heterocycles. The third-order valence-corrected chi connectivity index (χ3v) is 4.33. The molecule has 0 bridgehead atoms. The zero-order valence-corrected chi connectivity index (χ0v) is 12.9. The number of para-hydroxylation sites is 1. The zero-order chi connectivity index (χ0) is 15.6. The monoisotopic (exact) mass is 308 g/mol. The Labute approximate surface area is 126 Å². The Morgan fingerprint density at radius 1 is 1.38 bits per heavy atom. The number of amides is 1. The molecule has 2 rings (SSSR count). The van der Waals surface area contributed by atoms with Crippen molar-refractivity contribution >= 4 is 33.9 Å². The summed E-state index contributed by atoms with van der Waals surface area (Å²) in [5.74, 6) is -0.656. The lowest BCUT2D eigenvalue weighted by atomic mass is 10.2. The lowest BCUT2D eigenvalue weighted by Crippen LogP contribution is -2.27. The van der Waals surface area contributed by atoms with Crippen molar-refractivity contribution in [3.8, 4) is 0 Å². The van der Waals surface area contributed by atoms with Crippen molar-refractivity contribution in [1.29, 1.82) is 0 Å². The van der Waals surface area contributed by atoms with Crippen molar-refractivity contribution in [3.63, 3.8) is 0 Å². The van der Waals surface area contributed by atoms with Gasteiger partial charge in [-0.1, -0.05) is 23.5 Å². The molecule has 0 aliphatic heterocycles. The number of nitrogens with two attached hydrogens (primary N) is 1. The number of nitrogens with zero attached hydrogens (tertiary/aromatic N) is 3. The Balaban J connectivity index is 2.32. The first-order valence-electron chi connectivity index (χ1n) is 6.45. The normalized spacial score (nSPS) is 10.5. The van der Waals surface area contributed by atoms with Gasteiger partial charge in [0.1, 0.15) is 16.5 Å². The SMILES string of the molecule is CCN(C)c1nc(N)c(C(=O)N(C)c2ccccc2F)s1. The van der Waals surface area contributed by atoms with Gasteiger partial charge >= 0.3 is 0 Å². The van der Waals surface area contributed by atoms with Crippen LogP contribution in [0.2, 0.25) is 0 Å². The van der Waals surface area contributed by atoms with Crippen molar-refractivity contribution in [2.75, 3.05) is 36.2 Å². The van der Waals surface area contributed by atoms with Crippen molar-refractivity contribution in [2.45, 2.75) is 6.92 Å². The van der Waals surface area contributed by atoms with E-state index in [0.29, 0.717) is 10.0 Å². The Bertz CT molecular complexity index is 658. The first kappa shape index (κ1) is 15.2. The van der Waals surface area contributed by atoms with Gasteiger partial charge in [0.05, 0.1) is 5.69 Å². The number of nitrogen functional groups attached to an aromatic ring is 1. The molecule has 1 amide bonds. The van der Waals surface area contributed by atoms with E-state index in [9.17, 15) is 9.18 Å². The Morgan fingerprint density at radius 2 is 2.05 bits per heavy atom. The smallest absolute Gasteiger partial charge is 0.272 e. The molecule has 1 aromatic carbocycles. The number of thiazole rings is 1. The standard InChI is InChI=1S/C14H17FN4OS/c1-4-18(2)14-17-12(16)11(21-14)13(20)19(3)10-8-6-5-7-9(10)15/h5-8H,4,16H2,1-3H3. The van der Waals surface area contributed by atoms with Gasteiger partial charge in [0.25, 0.3) is 5.91 Å². The summed E-state index contributed by atoms with van der Waals surface area (Å²) in [5.41, 5.74) is 6.03. The van der Waals surface area contributed by atoms with Crippen LogP contribution in [0.5, 0.6) is 0 Å². The second-order valence-corrected chi connectivity index (χ2v) is 5.52. The molecule has 0 saturated carbocycles. The lowest BCUT2D eigenvalue weighted by molar-refractivity contribution is 0.0996. The van der Waals surface area contributed by atoms with Crippen LogP contribution in [-0.4, -0.2) is 31.5 Å². The maximum absolute atomic E-state index is 13.8. The minimum absolute atomic E-state index is 0.170. The van der Waals surface area contributed by atoms with Crippen LogP contribution in [0.4, 0.5) is 21.0 Å². The fourth-order valence-corrected chi connectivity index (χ4v) is 2.74. The van der Waals surface area contributed by atoms with E-state index in [1.807, 2.05) is 18.9 Å². The Kier molecular flexibility index (Phi) is 4.42. The summed E-state index contributed by atoms with van der Waals surface area (Å²) in [4.78, 5) is 20.1. The van der Waals surface area contributed by atoms with Crippen molar-refractivity contribution in [3.05, 3.63) is 35.0 Å². The van der Waals surface area contributed by atoms with E-state index in [-0.39, 0.29) is 17.4 Å². The van der Waals surface area contributed by atoms with Crippen LogP contribution in [0.3, 0.4) is 0 Å². The Morgan fingerprint density at radius 3 is 2.67 bits per heavy atom. The van der Waals surface area contributed by atoms with Gasteiger partial charge in [0.2, 0.25) is 0 Å². The van der Waals surface area contributed by atoms with E-state index in [1.54, 1.807) is 18.2 Å². The van der Waals surface area contributed by atoms with Gasteiger partial charge < -0.3 is 15.5 Å². The molecule has 0 fully saturated rings. The van der Waals surface area contributed by atoms with Gasteiger partial charge in [-0.15, -0.1) is 0 Å². The van der Waals surface area contributed by atoms with Gasteiger partial charge in [0.15, 0.2) is 5.13 Å². The lowest BCUT2D eigenvalue weighted by Gasteiger charge is -2.17. The molecule has 0 aliphatic carbocycles. The average Bonchev–Trinajstić information content (AvgIpc) is 2.87. The van der Waals surface area contributed by atoms with Crippen LogP contribution in [0.1, 0.15) is 16.6 Å². The number of halogens is 1. The fraction of sp³-hybridized carbons (Fsp3) is 0.286. The summed E-state index contributed by atoms with van der Waals surface area (Å²) in [6.07, 6.45) is 0. The molecule has 2 N–H and O–H groups in total. The molecule has 0 aliphatic rings. The quantitative estimate of drug-likeness (QED) is 0.943. The Hall–Kier alpha value is -2.15. The molecule has 21 heavy (non-hydrogen) atoms. The highest BCUT2D eigenvalue weighted by Crippen LogP contribution is 2.30. The molecule has 0 spiro atoms. The highest BCUT2D eigenvalue weighted by Gasteiger charge is 2.23. The van der Waals surface area contributed by atoms with E-state index in [2.05, 4.69) is 4.98 Å². The van der Waals surface area contributed by atoms with Gasteiger partial charge in [-0.3, -0.25) is 4.79 Å². The van der Waals surface area contributed by atoms with E-state index in [4.69, 9.17) is 5.73 Å². The van der Waals surface area contributed by atoms with Crippen LogP contribution in [0, 0.1) is 5.82 Å². The molecule has 1 aromatic heterocycles. The molecule has 1 heterocycles. The summed E-state index contributed by atoms with van der Waals surface area (Å²) < 4.78 is 13.8. The van der Waals surface area contributed by atoms with E-state index in [1.165, 1.54) is 29.4 Å². The summed E-state index contributed by atoms with van der Waals surface area (Å²) >= 11 is 1.21. The number of benzene rings is 1. The molecule has 7 heteroatoms. The maximum atomic E-state index is 13.8. The largest absolute Gasteiger partial charge is 0.382 e. The number of aromatic nitrogens is 1. The highest BCUT2D eigenvalue weighted by molar-refractivity contribution is 7.18. The second-order valence-electron chi connectivity index (χ2n) is 4.54.